The molecule has 1 heterocycles. The second-order valence-electron chi connectivity index (χ2n) is 5.66. The third-order valence-electron chi connectivity index (χ3n) is 3.92. The molecule has 0 fully saturated rings. The summed E-state index contributed by atoms with van der Waals surface area (Å²) in [7, 11) is 0. The molecule has 0 aromatic carbocycles. The van der Waals surface area contributed by atoms with E-state index in [0.717, 1.165) is 56.2 Å². The zero-order valence-corrected chi connectivity index (χ0v) is 14.7. The van der Waals surface area contributed by atoms with Crippen molar-refractivity contribution in [2.24, 2.45) is 0 Å². The molecule has 0 aliphatic rings. The van der Waals surface area contributed by atoms with E-state index in [9.17, 15) is 0 Å². The summed E-state index contributed by atoms with van der Waals surface area (Å²) in [5.74, 6) is 3.06. The van der Waals surface area contributed by atoms with Crippen LogP contribution in [0.4, 0.5) is 11.6 Å². The first-order chi connectivity index (χ1) is 10.1. The molecule has 0 radical (unpaired) electrons. The fourth-order valence-electron chi connectivity index (χ4n) is 2.47. The van der Waals surface area contributed by atoms with Gasteiger partial charge in [0.15, 0.2) is 0 Å². The van der Waals surface area contributed by atoms with Crippen molar-refractivity contribution >= 4 is 11.6 Å². The molecule has 0 aliphatic heterocycles. The summed E-state index contributed by atoms with van der Waals surface area (Å²) in [6.07, 6.45) is 4.24. The van der Waals surface area contributed by atoms with E-state index in [1.807, 2.05) is 0 Å². The minimum atomic E-state index is 0.497. The maximum absolute atomic E-state index is 4.85. The van der Waals surface area contributed by atoms with Gasteiger partial charge in [-0.3, -0.25) is 0 Å². The zero-order valence-electron chi connectivity index (χ0n) is 14.7. The van der Waals surface area contributed by atoms with Crippen LogP contribution in [0.2, 0.25) is 0 Å². The molecule has 1 N–H and O–H groups in total. The van der Waals surface area contributed by atoms with E-state index in [0.29, 0.717) is 6.04 Å². The summed E-state index contributed by atoms with van der Waals surface area (Å²) in [5.41, 5.74) is 1.17. The van der Waals surface area contributed by atoms with Crippen LogP contribution >= 0.6 is 0 Å². The lowest BCUT2D eigenvalue weighted by atomic mass is 10.2. The summed E-state index contributed by atoms with van der Waals surface area (Å²) in [6.45, 7) is 15.1. The molecular formula is C17H32N4. The minimum Gasteiger partial charge on any atom is -0.370 e. The van der Waals surface area contributed by atoms with Gasteiger partial charge in [-0.25, -0.2) is 9.97 Å². The number of nitrogens with one attached hydrogen (secondary N) is 1. The van der Waals surface area contributed by atoms with Crippen molar-refractivity contribution in [3.05, 3.63) is 11.4 Å². The molecule has 1 aromatic heterocycles. The normalized spacial score (nSPS) is 12.3. The number of anilines is 2. The van der Waals surface area contributed by atoms with Gasteiger partial charge in [0, 0.05) is 31.1 Å². The number of rotatable bonds is 9. The Kier molecular flexibility index (Phi) is 7.48. The Balaban J connectivity index is 3.23. The zero-order chi connectivity index (χ0) is 15.8. The third-order valence-corrected chi connectivity index (χ3v) is 3.92. The largest absolute Gasteiger partial charge is 0.370 e. The molecular weight excluding hydrogens is 260 g/mol. The van der Waals surface area contributed by atoms with E-state index >= 15 is 0 Å². The van der Waals surface area contributed by atoms with Crippen LogP contribution in [0.25, 0.3) is 0 Å². The van der Waals surface area contributed by atoms with Crippen molar-refractivity contribution < 1.29 is 0 Å². The number of hydrogen-bond donors (Lipinski definition) is 1. The number of aryl methyl sites for hydroxylation is 1. The van der Waals surface area contributed by atoms with E-state index in [1.54, 1.807) is 0 Å². The van der Waals surface area contributed by atoms with Crippen LogP contribution in [0, 0.1) is 6.92 Å². The lowest BCUT2D eigenvalue weighted by Gasteiger charge is -2.30. The van der Waals surface area contributed by atoms with Crippen molar-refractivity contribution in [1.82, 2.24) is 9.97 Å². The van der Waals surface area contributed by atoms with Crippen LogP contribution in [-0.2, 0) is 6.42 Å². The molecule has 0 saturated heterocycles. The van der Waals surface area contributed by atoms with Gasteiger partial charge in [-0.05, 0) is 40.0 Å². The van der Waals surface area contributed by atoms with Gasteiger partial charge in [0.2, 0.25) is 0 Å². The molecule has 0 amide bonds. The summed E-state index contributed by atoms with van der Waals surface area (Å²) in [5, 5.41) is 3.46. The molecule has 0 bridgehead atoms. The Morgan fingerprint density at radius 2 is 1.81 bits per heavy atom. The van der Waals surface area contributed by atoms with Crippen LogP contribution in [0.3, 0.4) is 0 Å². The maximum atomic E-state index is 4.85. The van der Waals surface area contributed by atoms with Gasteiger partial charge in [-0.2, -0.15) is 0 Å². The lowest BCUT2D eigenvalue weighted by Crippen LogP contribution is -2.34. The van der Waals surface area contributed by atoms with Gasteiger partial charge in [0.05, 0.1) is 0 Å². The maximum Gasteiger partial charge on any atom is 0.137 e. The molecule has 1 atom stereocenters. The van der Waals surface area contributed by atoms with E-state index < -0.39 is 0 Å². The van der Waals surface area contributed by atoms with Crippen LogP contribution < -0.4 is 10.2 Å². The van der Waals surface area contributed by atoms with Crippen molar-refractivity contribution in [2.75, 3.05) is 23.3 Å². The highest BCUT2D eigenvalue weighted by molar-refractivity contribution is 5.59. The Hall–Kier alpha value is -1.32. The average Bonchev–Trinajstić information content (AvgIpc) is 2.49. The summed E-state index contributed by atoms with van der Waals surface area (Å²) in [6, 6.07) is 0.497. The summed E-state index contributed by atoms with van der Waals surface area (Å²) < 4.78 is 0. The molecule has 21 heavy (non-hydrogen) atoms. The SMILES string of the molecule is CCCNc1nc(CCC)nc(N(CC)C(C)CC)c1C. The highest BCUT2D eigenvalue weighted by Gasteiger charge is 2.18. The Labute approximate surface area is 130 Å². The number of hydrogen-bond acceptors (Lipinski definition) is 4. The van der Waals surface area contributed by atoms with E-state index in [1.165, 1.54) is 5.56 Å². The molecule has 120 valence electrons. The van der Waals surface area contributed by atoms with Crippen LogP contribution in [-0.4, -0.2) is 29.1 Å². The predicted molar refractivity (Wildman–Crippen MR) is 92.3 cm³/mol. The highest BCUT2D eigenvalue weighted by atomic mass is 15.2. The minimum absolute atomic E-state index is 0.497. The first kappa shape index (κ1) is 17.7. The smallest absolute Gasteiger partial charge is 0.137 e. The van der Waals surface area contributed by atoms with Gasteiger partial charge < -0.3 is 10.2 Å². The van der Waals surface area contributed by atoms with Crippen LogP contribution in [0.1, 0.15) is 65.3 Å². The molecule has 0 aliphatic carbocycles. The second-order valence-corrected chi connectivity index (χ2v) is 5.66. The summed E-state index contributed by atoms with van der Waals surface area (Å²) in [4.78, 5) is 12.0. The fourth-order valence-corrected chi connectivity index (χ4v) is 2.47. The molecule has 0 saturated carbocycles. The topological polar surface area (TPSA) is 41.1 Å². The van der Waals surface area contributed by atoms with Crippen molar-refractivity contribution in [2.45, 2.75) is 73.3 Å². The third kappa shape index (κ3) is 4.58. The standard InChI is InChI=1S/C17H32N4/c1-7-11-15-19-16(18-12-8-2)14(6)17(20-15)21(10-4)13(5)9-3/h13H,7-12H2,1-6H3,(H,18,19,20). The average molecular weight is 292 g/mol. The predicted octanol–water partition coefficient (Wildman–Crippen LogP) is 4.18. The molecule has 0 spiro atoms. The molecule has 1 unspecified atom stereocenters. The number of aromatic nitrogens is 2. The molecule has 1 rings (SSSR count). The van der Waals surface area contributed by atoms with Crippen LogP contribution in [0.15, 0.2) is 0 Å². The van der Waals surface area contributed by atoms with Gasteiger partial charge >= 0.3 is 0 Å². The number of nitrogens with zero attached hydrogens (tertiary/aromatic N) is 3. The first-order valence-electron chi connectivity index (χ1n) is 8.46. The van der Waals surface area contributed by atoms with Crippen molar-refractivity contribution in [1.29, 1.82) is 0 Å². The van der Waals surface area contributed by atoms with Crippen molar-refractivity contribution in [3.8, 4) is 0 Å². The van der Waals surface area contributed by atoms with Gasteiger partial charge in [-0.15, -0.1) is 0 Å². The summed E-state index contributed by atoms with van der Waals surface area (Å²) >= 11 is 0. The van der Waals surface area contributed by atoms with Crippen molar-refractivity contribution in [3.63, 3.8) is 0 Å². The van der Waals surface area contributed by atoms with Crippen LogP contribution in [0.5, 0.6) is 0 Å². The van der Waals surface area contributed by atoms with Gasteiger partial charge in [0.25, 0.3) is 0 Å². The first-order valence-corrected chi connectivity index (χ1v) is 8.46. The van der Waals surface area contributed by atoms with E-state index in [-0.39, 0.29) is 0 Å². The van der Waals surface area contributed by atoms with Gasteiger partial charge in [-0.1, -0.05) is 20.8 Å². The van der Waals surface area contributed by atoms with E-state index in [2.05, 4.69) is 51.8 Å². The quantitative estimate of drug-likeness (QED) is 0.741. The highest BCUT2D eigenvalue weighted by Crippen LogP contribution is 2.26. The molecule has 4 nitrogen and oxygen atoms in total. The Morgan fingerprint density at radius 1 is 1.10 bits per heavy atom. The Bertz CT molecular complexity index is 431. The monoisotopic (exact) mass is 292 g/mol. The lowest BCUT2D eigenvalue weighted by molar-refractivity contribution is 0.618. The second kappa shape index (κ2) is 8.85. The fraction of sp³-hybridized carbons (Fsp3) is 0.765. The van der Waals surface area contributed by atoms with E-state index in [4.69, 9.17) is 9.97 Å². The Morgan fingerprint density at radius 3 is 2.33 bits per heavy atom. The molecule has 4 heteroatoms. The molecule has 1 aromatic rings. The van der Waals surface area contributed by atoms with Gasteiger partial charge in [0.1, 0.15) is 17.5 Å².